The van der Waals surface area contributed by atoms with Gasteiger partial charge in [-0.05, 0) is 80.8 Å². The Balaban J connectivity index is 1.70. The molecule has 0 bridgehead atoms. The molecule has 212 valence electrons. The molecule has 1 amide bonds. The molecule has 0 radical (unpaired) electrons. The van der Waals surface area contributed by atoms with Crippen molar-refractivity contribution in [2.24, 2.45) is 17.8 Å². The molecule has 0 spiro atoms. The van der Waals surface area contributed by atoms with E-state index >= 15 is 0 Å². The van der Waals surface area contributed by atoms with Crippen LogP contribution in [0.4, 0.5) is 0 Å². The number of fused-ring (bicyclic) bond motifs is 1. The number of hydrogen-bond donors (Lipinski definition) is 0. The van der Waals surface area contributed by atoms with E-state index in [9.17, 15) is 4.79 Å². The maximum absolute atomic E-state index is 13.7. The lowest BCUT2D eigenvalue weighted by Gasteiger charge is -2.30. The van der Waals surface area contributed by atoms with E-state index in [0.29, 0.717) is 36.2 Å². The Bertz CT molecular complexity index is 866. The largest absolute Gasteiger partial charge is 0.493 e. The third kappa shape index (κ3) is 9.04. The van der Waals surface area contributed by atoms with Gasteiger partial charge in [0.1, 0.15) is 5.76 Å². The number of rotatable bonds is 17. The van der Waals surface area contributed by atoms with E-state index in [0.717, 1.165) is 96.2 Å². The van der Waals surface area contributed by atoms with Crippen LogP contribution in [0.25, 0.3) is 0 Å². The van der Waals surface area contributed by atoms with Crippen LogP contribution >= 0.6 is 0 Å². The number of hydrogen-bond acceptors (Lipinski definition) is 3. The van der Waals surface area contributed by atoms with E-state index in [1.807, 2.05) is 0 Å². The van der Waals surface area contributed by atoms with Crippen LogP contribution < -0.4 is 0 Å². The molecule has 2 saturated heterocycles. The lowest BCUT2D eigenvalue weighted by molar-refractivity contribution is -0.133. The number of carbonyl (C=O) groups excluding carboxylic acids is 1. The monoisotopic (exact) mass is 522 g/mol. The average Bonchev–Trinajstić information content (AvgIpc) is 3.55. The first-order valence-electron chi connectivity index (χ1n) is 15.6. The molecule has 0 aromatic carbocycles. The Morgan fingerprint density at radius 1 is 1.24 bits per heavy atom. The summed E-state index contributed by atoms with van der Waals surface area (Å²) in [5.74, 6) is 6.11. The summed E-state index contributed by atoms with van der Waals surface area (Å²) in [6, 6.07) is 0.467. The standard InChI is InChI=1S/C34H54N2O2/c1-6-10-15-28(13-8-3)22-32-24-31(29-16-17-33-30(23-29)18-21-38-33)25-36(32)26-34(37)35(19-11-7-2)20-12-14-27(5)9-4/h1,17,23,28-29,31-32H,5,7-16,18-22,24-26H2,2-4H3/t28-,29?,31?,32-/m0/s1. The number of nitrogens with zero attached hydrogens (tertiary/aromatic N) is 2. The summed E-state index contributed by atoms with van der Waals surface area (Å²) in [7, 11) is 0. The molecule has 38 heavy (non-hydrogen) atoms. The zero-order valence-corrected chi connectivity index (χ0v) is 24.7. The smallest absolute Gasteiger partial charge is 0.236 e. The Morgan fingerprint density at radius 3 is 2.79 bits per heavy atom. The first-order valence-corrected chi connectivity index (χ1v) is 15.6. The van der Waals surface area contributed by atoms with Gasteiger partial charge in [0, 0.05) is 38.5 Å². The predicted molar refractivity (Wildman–Crippen MR) is 160 cm³/mol. The Morgan fingerprint density at radius 2 is 2.05 bits per heavy atom. The molecule has 1 aliphatic carbocycles. The minimum Gasteiger partial charge on any atom is -0.493 e. The lowest BCUT2D eigenvalue weighted by Crippen LogP contribution is -2.43. The number of unbranched alkanes of at least 4 members (excludes halogenated alkanes) is 1. The van der Waals surface area contributed by atoms with Gasteiger partial charge in [-0.1, -0.05) is 58.3 Å². The van der Waals surface area contributed by atoms with Gasteiger partial charge in [0.15, 0.2) is 0 Å². The fourth-order valence-corrected chi connectivity index (χ4v) is 6.65. The van der Waals surface area contributed by atoms with Crippen molar-refractivity contribution in [3.8, 4) is 12.3 Å². The molecule has 2 fully saturated rings. The summed E-state index contributed by atoms with van der Waals surface area (Å²) >= 11 is 0. The van der Waals surface area contributed by atoms with Crippen molar-refractivity contribution in [3.05, 3.63) is 35.6 Å². The van der Waals surface area contributed by atoms with Crippen LogP contribution in [0.15, 0.2) is 35.6 Å². The molecule has 2 aliphatic heterocycles. The predicted octanol–water partition coefficient (Wildman–Crippen LogP) is 7.52. The number of ether oxygens (including phenoxy) is 1. The van der Waals surface area contributed by atoms with Crippen molar-refractivity contribution < 1.29 is 9.53 Å². The first-order chi connectivity index (χ1) is 18.5. The molecule has 4 heteroatoms. The fourth-order valence-electron chi connectivity index (χ4n) is 6.65. The highest BCUT2D eigenvalue weighted by atomic mass is 16.5. The van der Waals surface area contributed by atoms with Crippen LogP contribution in [0, 0.1) is 30.1 Å². The van der Waals surface area contributed by atoms with Gasteiger partial charge in [-0.15, -0.1) is 12.3 Å². The highest BCUT2D eigenvalue weighted by Gasteiger charge is 2.39. The summed E-state index contributed by atoms with van der Waals surface area (Å²) in [5.41, 5.74) is 2.69. The van der Waals surface area contributed by atoms with Gasteiger partial charge >= 0.3 is 0 Å². The van der Waals surface area contributed by atoms with Crippen molar-refractivity contribution in [1.82, 2.24) is 9.80 Å². The normalized spacial score (nSPS) is 23.7. The molecule has 0 aromatic heterocycles. The Kier molecular flexibility index (Phi) is 13.0. The maximum atomic E-state index is 13.7. The average molecular weight is 523 g/mol. The minimum atomic E-state index is 0.315. The van der Waals surface area contributed by atoms with E-state index in [2.05, 4.69) is 55.2 Å². The molecule has 4 nitrogen and oxygen atoms in total. The number of amides is 1. The maximum Gasteiger partial charge on any atom is 0.236 e. The number of allylic oxidation sites excluding steroid dienone is 4. The second-order valence-electron chi connectivity index (χ2n) is 11.9. The third-order valence-corrected chi connectivity index (χ3v) is 9.03. The minimum absolute atomic E-state index is 0.315. The second kappa shape index (κ2) is 16.2. The summed E-state index contributed by atoms with van der Waals surface area (Å²) in [4.78, 5) is 18.4. The van der Waals surface area contributed by atoms with Gasteiger partial charge in [-0.2, -0.15) is 0 Å². The molecule has 0 saturated carbocycles. The second-order valence-corrected chi connectivity index (χ2v) is 11.9. The zero-order valence-electron chi connectivity index (χ0n) is 24.7. The molecule has 3 aliphatic rings. The Hall–Kier alpha value is -1.99. The molecule has 4 atom stereocenters. The van der Waals surface area contributed by atoms with Crippen LogP contribution in [-0.2, 0) is 9.53 Å². The Labute approximate surface area is 233 Å². The third-order valence-electron chi connectivity index (χ3n) is 9.03. The van der Waals surface area contributed by atoms with Crippen molar-refractivity contribution in [3.63, 3.8) is 0 Å². The highest BCUT2D eigenvalue weighted by Crippen LogP contribution is 2.40. The van der Waals surface area contributed by atoms with Crippen molar-refractivity contribution in [2.45, 2.75) is 110 Å². The molecular weight excluding hydrogens is 468 g/mol. The van der Waals surface area contributed by atoms with E-state index in [4.69, 9.17) is 11.2 Å². The topological polar surface area (TPSA) is 32.8 Å². The van der Waals surface area contributed by atoms with Gasteiger partial charge in [-0.25, -0.2) is 0 Å². The summed E-state index contributed by atoms with van der Waals surface area (Å²) in [5, 5.41) is 0. The molecular formula is C34H54N2O2. The lowest BCUT2D eigenvalue weighted by atomic mass is 9.81. The van der Waals surface area contributed by atoms with Gasteiger partial charge in [0.2, 0.25) is 5.91 Å². The van der Waals surface area contributed by atoms with Gasteiger partial charge in [0.05, 0.1) is 13.2 Å². The van der Waals surface area contributed by atoms with Crippen LogP contribution in [0.2, 0.25) is 0 Å². The SMILES string of the molecule is C#CCC[C@H](CCC)C[C@H]1CC(C2C=C3CCOC3=CC2)CN1CC(=O)N(CCCC)CCCC(=C)CC. The molecule has 0 N–H and O–H groups in total. The van der Waals surface area contributed by atoms with Crippen molar-refractivity contribution >= 4 is 5.91 Å². The number of terminal acetylenes is 1. The van der Waals surface area contributed by atoms with Crippen LogP contribution in [0.3, 0.4) is 0 Å². The van der Waals surface area contributed by atoms with Crippen LogP contribution in [0.5, 0.6) is 0 Å². The number of carbonyl (C=O) groups is 1. The first kappa shape index (κ1) is 30.6. The zero-order chi connectivity index (χ0) is 27.3. The summed E-state index contributed by atoms with van der Waals surface area (Å²) in [6.45, 7) is 15.0. The molecule has 3 rings (SSSR count). The molecule has 2 unspecified atom stereocenters. The molecule has 2 heterocycles. The van der Waals surface area contributed by atoms with Crippen LogP contribution in [-0.4, -0.2) is 54.5 Å². The van der Waals surface area contributed by atoms with Crippen molar-refractivity contribution in [1.29, 1.82) is 0 Å². The van der Waals surface area contributed by atoms with Crippen LogP contribution in [0.1, 0.15) is 104 Å². The van der Waals surface area contributed by atoms with E-state index in [1.165, 1.54) is 30.4 Å². The quantitative estimate of drug-likeness (QED) is 0.146. The van der Waals surface area contributed by atoms with Gasteiger partial charge in [-0.3, -0.25) is 9.69 Å². The van der Waals surface area contributed by atoms with E-state index in [-0.39, 0.29) is 0 Å². The number of likely N-dealkylation sites (tertiary alicyclic amines) is 1. The van der Waals surface area contributed by atoms with Gasteiger partial charge < -0.3 is 9.64 Å². The van der Waals surface area contributed by atoms with Gasteiger partial charge in [0.25, 0.3) is 0 Å². The van der Waals surface area contributed by atoms with E-state index in [1.54, 1.807) is 0 Å². The van der Waals surface area contributed by atoms with Crippen molar-refractivity contribution in [2.75, 3.05) is 32.8 Å². The highest BCUT2D eigenvalue weighted by molar-refractivity contribution is 5.78. The fraction of sp³-hybridized carbons (Fsp3) is 0.735. The van der Waals surface area contributed by atoms with E-state index < -0.39 is 0 Å². The molecule has 0 aromatic rings. The summed E-state index contributed by atoms with van der Waals surface area (Å²) < 4.78 is 5.80. The summed E-state index contributed by atoms with van der Waals surface area (Å²) in [6.07, 6.45) is 24.6.